The molecule has 3 rings (SSSR count). The van der Waals surface area contributed by atoms with Gasteiger partial charge < -0.3 is 5.73 Å². The molecule has 0 bridgehead atoms. The molecule has 2 N–H and O–H groups in total. The van der Waals surface area contributed by atoms with E-state index in [1.807, 2.05) is 37.3 Å². The number of aryl methyl sites for hydroxylation is 1. The summed E-state index contributed by atoms with van der Waals surface area (Å²) >= 11 is 1.75. The van der Waals surface area contributed by atoms with Crippen LogP contribution in [0.2, 0.25) is 0 Å². The number of hydrogen-bond acceptors (Lipinski definition) is 5. The summed E-state index contributed by atoms with van der Waals surface area (Å²) in [4.78, 5) is 0. The number of nitrogens with zero attached hydrogens (tertiary/aromatic N) is 3. The molecule has 118 valence electrons. The third-order valence-corrected chi connectivity index (χ3v) is 5.87. The van der Waals surface area contributed by atoms with E-state index in [1.54, 1.807) is 11.8 Å². The SMILES string of the molecule is Cc1ccc([C@@H]2[C@H]3CSCC=C3C(C#N)=C(N)C2(C#N)C#N)cc1. The molecule has 1 aromatic rings. The van der Waals surface area contributed by atoms with Crippen molar-refractivity contribution in [3.8, 4) is 18.2 Å². The molecule has 1 heterocycles. The lowest BCUT2D eigenvalue weighted by Gasteiger charge is -2.43. The minimum absolute atomic E-state index is 0.0623. The van der Waals surface area contributed by atoms with Crippen molar-refractivity contribution < 1.29 is 0 Å². The van der Waals surface area contributed by atoms with Gasteiger partial charge >= 0.3 is 0 Å². The Hall–Kier alpha value is -2.68. The number of nitriles is 3. The molecule has 1 aliphatic heterocycles. The Morgan fingerprint density at radius 3 is 2.42 bits per heavy atom. The molecule has 0 saturated carbocycles. The van der Waals surface area contributed by atoms with E-state index in [4.69, 9.17) is 5.73 Å². The zero-order chi connectivity index (χ0) is 17.3. The van der Waals surface area contributed by atoms with Crippen LogP contribution < -0.4 is 5.73 Å². The molecule has 0 aromatic heterocycles. The fourth-order valence-electron chi connectivity index (χ4n) is 3.64. The summed E-state index contributed by atoms with van der Waals surface area (Å²) in [5.74, 6) is 1.15. The van der Waals surface area contributed by atoms with Crippen LogP contribution >= 0.6 is 11.8 Å². The first kappa shape index (κ1) is 16.2. The van der Waals surface area contributed by atoms with E-state index in [2.05, 4.69) is 18.2 Å². The Morgan fingerprint density at radius 2 is 1.83 bits per heavy atom. The van der Waals surface area contributed by atoms with E-state index >= 15 is 0 Å². The van der Waals surface area contributed by atoms with Gasteiger partial charge in [-0.05, 0) is 18.1 Å². The standard InChI is InChI=1S/C19H16N4S/c1-12-2-4-13(5-3-12)17-16-9-24-7-6-14(16)15(8-20)18(23)19(17,10-21)11-22/h2-6,16-17H,7,9,23H2,1H3/t16-,17+/m0/s1. The first-order valence-electron chi connectivity index (χ1n) is 7.66. The predicted octanol–water partition coefficient (Wildman–Crippen LogP) is 3.15. The molecule has 0 spiro atoms. The van der Waals surface area contributed by atoms with Gasteiger partial charge in [0.2, 0.25) is 0 Å². The summed E-state index contributed by atoms with van der Waals surface area (Å²) in [6.07, 6.45) is 2.02. The van der Waals surface area contributed by atoms with E-state index in [1.165, 1.54) is 0 Å². The van der Waals surface area contributed by atoms with Gasteiger partial charge in [0.05, 0.1) is 23.4 Å². The monoisotopic (exact) mass is 332 g/mol. The molecule has 4 nitrogen and oxygen atoms in total. The number of hydrogen-bond donors (Lipinski definition) is 1. The normalized spacial score (nSPS) is 24.8. The van der Waals surface area contributed by atoms with E-state index in [-0.39, 0.29) is 17.5 Å². The number of allylic oxidation sites excluding steroid dienone is 3. The molecule has 0 radical (unpaired) electrons. The minimum atomic E-state index is -1.51. The van der Waals surface area contributed by atoms with Gasteiger partial charge in [-0.3, -0.25) is 0 Å². The fourth-order valence-corrected chi connectivity index (χ4v) is 4.69. The van der Waals surface area contributed by atoms with Gasteiger partial charge in [-0.15, -0.1) is 0 Å². The number of rotatable bonds is 1. The maximum atomic E-state index is 9.88. The van der Waals surface area contributed by atoms with Crippen molar-refractivity contribution in [2.75, 3.05) is 11.5 Å². The highest BCUT2D eigenvalue weighted by atomic mass is 32.2. The van der Waals surface area contributed by atoms with Gasteiger partial charge in [-0.1, -0.05) is 35.9 Å². The lowest BCUT2D eigenvalue weighted by atomic mass is 9.59. The van der Waals surface area contributed by atoms with Crippen LogP contribution in [-0.2, 0) is 0 Å². The van der Waals surface area contributed by atoms with Crippen LogP contribution in [0.15, 0.2) is 47.2 Å². The van der Waals surface area contributed by atoms with E-state index in [9.17, 15) is 15.8 Å². The van der Waals surface area contributed by atoms with Crippen LogP contribution in [0.3, 0.4) is 0 Å². The topological polar surface area (TPSA) is 97.4 Å². The number of benzene rings is 1. The molecule has 1 aromatic carbocycles. The smallest absolute Gasteiger partial charge is 0.191 e. The molecule has 2 aliphatic rings. The molecular weight excluding hydrogens is 316 g/mol. The summed E-state index contributed by atoms with van der Waals surface area (Å²) in [6.45, 7) is 2.00. The largest absolute Gasteiger partial charge is 0.399 e. The van der Waals surface area contributed by atoms with Crippen molar-refractivity contribution in [3.05, 3.63) is 58.3 Å². The van der Waals surface area contributed by atoms with Gasteiger partial charge in [0, 0.05) is 23.3 Å². The number of nitrogens with two attached hydrogens (primary N) is 1. The van der Waals surface area contributed by atoms with Crippen LogP contribution in [0, 0.1) is 52.2 Å². The van der Waals surface area contributed by atoms with Gasteiger partial charge in [0.15, 0.2) is 5.41 Å². The number of thioether (sulfide) groups is 1. The van der Waals surface area contributed by atoms with E-state index in [0.29, 0.717) is 5.57 Å². The summed E-state index contributed by atoms with van der Waals surface area (Å²) < 4.78 is 0. The molecule has 0 saturated heterocycles. The van der Waals surface area contributed by atoms with Crippen LogP contribution in [0.1, 0.15) is 17.0 Å². The Balaban J connectivity index is 2.31. The molecule has 0 amide bonds. The fraction of sp³-hybridized carbons (Fsp3) is 0.316. The summed E-state index contributed by atoms with van der Waals surface area (Å²) in [6, 6.07) is 14.3. The Labute approximate surface area is 145 Å². The molecular formula is C19H16N4S. The molecule has 0 fully saturated rings. The third kappa shape index (κ3) is 2.20. The van der Waals surface area contributed by atoms with Crippen LogP contribution in [0.4, 0.5) is 0 Å². The lowest BCUT2D eigenvalue weighted by Crippen LogP contribution is -2.43. The summed E-state index contributed by atoms with van der Waals surface area (Å²) in [5.41, 5.74) is 8.03. The molecule has 1 aliphatic carbocycles. The van der Waals surface area contributed by atoms with Gasteiger partial charge in [0.1, 0.15) is 6.07 Å². The second-order valence-electron chi connectivity index (χ2n) is 6.12. The van der Waals surface area contributed by atoms with Gasteiger partial charge in [-0.25, -0.2) is 0 Å². The highest BCUT2D eigenvalue weighted by Gasteiger charge is 2.53. The van der Waals surface area contributed by atoms with Crippen molar-refractivity contribution >= 4 is 11.8 Å². The second kappa shape index (κ2) is 6.08. The van der Waals surface area contributed by atoms with Gasteiger partial charge in [-0.2, -0.15) is 27.5 Å². The average molecular weight is 332 g/mol. The minimum Gasteiger partial charge on any atom is -0.399 e. The van der Waals surface area contributed by atoms with Crippen molar-refractivity contribution in [1.82, 2.24) is 0 Å². The van der Waals surface area contributed by atoms with Crippen LogP contribution in [0.25, 0.3) is 0 Å². The maximum Gasteiger partial charge on any atom is 0.191 e. The zero-order valence-electron chi connectivity index (χ0n) is 13.3. The second-order valence-corrected chi connectivity index (χ2v) is 7.20. The highest BCUT2D eigenvalue weighted by molar-refractivity contribution is 7.99. The van der Waals surface area contributed by atoms with Crippen LogP contribution in [0.5, 0.6) is 0 Å². The van der Waals surface area contributed by atoms with E-state index in [0.717, 1.165) is 28.2 Å². The summed E-state index contributed by atoms with van der Waals surface area (Å²) in [7, 11) is 0. The Bertz CT molecular complexity index is 845. The quantitative estimate of drug-likeness (QED) is 0.852. The Kier molecular flexibility index (Phi) is 4.10. The van der Waals surface area contributed by atoms with Crippen molar-refractivity contribution in [3.63, 3.8) is 0 Å². The lowest BCUT2D eigenvalue weighted by molar-refractivity contribution is 0.368. The summed E-state index contributed by atoms with van der Waals surface area (Å²) in [5, 5.41) is 29.3. The van der Waals surface area contributed by atoms with Crippen molar-refractivity contribution in [2.45, 2.75) is 12.8 Å². The average Bonchev–Trinajstić information content (AvgIpc) is 2.62. The third-order valence-electron chi connectivity index (χ3n) is 4.87. The first-order valence-corrected chi connectivity index (χ1v) is 8.82. The number of fused-ring (bicyclic) bond motifs is 1. The highest BCUT2D eigenvalue weighted by Crippen LogP contribution is 2.54. The molecule has 24 heavy (non-hydrogen) atoms. The van der Waals surface area contributed by atoms with Crippen molar-refractivity contribution in [1.29, 1.82) is 15.8 Å². The maximum absolute atomic E-state index is 9.88. The van der Waals surface area contributed by atoms with Crippen molar-refractivity contribution in [2.24, 2.45) is 17.1 Å². The zero-order valence-corrected chi connectivity index (χ0v) is 14.1. The Morgan fingerprint density at radius 1 is 1.17 bits per heavy atom. The predicted molar refractivity (Wildman–Crippen MR) is 93.3 cm³/mol. The molecule has 5 heteroatoms. The van der Waals surface area contributed by atoms with Crippen LogP contribution in [-0.4, -0.2) is 11.5 Å². The van der Waals surface area contributed by atoms with Gasteiger partial charge in [0.25, 0.3) is 0 Å². The van der Waals surface area contributed by atoms with E-state index < -0.39 is 5.41 Å². The molecule has 2 atom stereocenters. The first-order chi connectivity index (χ1) is 11.6. The molecule has 0 unspecified atom stereocenters.